The fourth-order valence-electron chi connectivity index (χ4n) is 4.32. The third kappa shape index (κ3) is 3.44. The molecule has 1 aliphatic heterocycles. The Labute approximate surface area is 191 Å². The maximum atomic E-state index is 13.7. The highest BCUT2D eigenvalue weighted by Gasteiger charge is 2.43. The molecule has 2 heterocycles. The molecule has 5 rings (SSSR count). The van der Waals surface area contributed by atoms with Gasteiger partial charge in [0.15, 0.2) is 5.43 Å². The lowest BCUT2D eigenvalue weighted by Crippen LogP contribution is -2.29. The fraction of sp³-hybridized carbons (Fsp3) is 0.185. The number of rotatable bonds is 5. The van der Waals surface area contributed by atoms with Gasteiger partial charge in [-0.15, -0.1) is 0 Å². The van der Waals surface area contributed by atoms with Gasteiger partial charge in [0.05, 0.1) is 30.7 Å². The number of benzene rings is 3. The zero-order valence-corrected chi connectivity index (χ0v) is 18.6. The van der Waals surface area contributed by atoms with E-state index in [0.717, 1.165) is 16.9 Å². The van der Waals surface area contributed by atoms with Gasteiger partial charge in [0.2, 0.25) is 5.76 Å². The summed E-state index contributed by atoms with van der Waals surface area (Å²) in [4.78, 5) is 28.9. The van der Waals surface area contributed by atoms with E-state index in [4.69, 9.17) is 13.9 Å². The minimum Gasteiger partial charge on any atom is -0.497 e. The van der Waals surface area contributed by atoms with Crippen molar-refractivity contribution in [1.29, 1.82) is 0 Å². The molecule has 1 aromatic heterocycles. The molecule has 166 valence electrons. The van der Waals surface area contributed by atoms with E-state index in [9.17, 15) is 9.59 Å². The average Bonchev–Trinajstić information content (AvgIpc) is 3.13. The molecule has 0 saturated carbocycles. The van der Waals surface area contributed by atoms with Crippen LogP contribution in [0, 0.1) is 6.92 Å². The average molecular weight is 441 g/mol. The molecule has 3 aromatic carbocycles. The number of methoxy groups -OCH3 is 1. The van der Waals surface area contributed by atoms with Crippen LogP contribution in [-0.4, -0.2) is 19.6 Å². The Morgan fingerprint density at radius 1 is 0.939 bits per heavy atom. The molecule has 6 nitrogen and oxygen atoms in total. The van der Waals surface area contributed by atoms with Crippen LogP contribution in [0.4, 0.5) is 5.69 Å². The first-order valence-electron chi connectivity index (χ1n) is 10.8. The van der Waals surface area contributed by atoms with Gasteiger partial charge in [-0.25, -0.2) is 0 Å². The van der Waals surface area contributed by atoms with Crippen LogP contribution in [0.15, 0.2) is 75.9 Å². The van der Waals surface area contributed by atoms with Crippen molar-refractivity contribution in [1.82, 2.24) is 0 Å². The van der Waals surface area contributed by atoms with Crippen molar-refractivity contribution in [2.45, 2.75) is 19.9 Å². The predicted molar refractivity (Wildman–Crippen MR) is 126 cm³/mol. The number of aryl methyl sites for hydroxylation is 1. The molecule has 0 spiro atoms. The molecule has 1 unspecified atom stereocenters. The topological polar surface area (TPSA) is 69.0 Å². The van der Waals surface area contributed by atoms with Crippen LogP contribution in [0.1, 0.15) is 40.2 Å². The molecule has 1 amide bonds. The third-order valence-electron chi connectivity index (χ3n) is 5.88. The second kappa shape index (κ2) is 8.13. The monoisotopic (exact) mass is 441 g/mol. The predicted octanol–water partition coefficient (Wildman–Crippen LogP) is 5.26. The molecule has 0 fully saturated rings. The van der Waals surface area contributed by atoms with Crippen molar-refractivity contribution < 1.29 is 18.7 Å². The lowest BCUT2D eigenvalue weighted by molar-refractivity contribution is 0.0971. The van der Waals surface area contributed by atoms with E-state index in [1.54, 1.807) is 48.4 Å². The van der Waals surface area contributed by atoms with E-state index in [2.05, 4.69) is 0 Å². The van der Waals surface area contributed by atoms with E-state index in [1.807, 2.05) is 44.2 Å². The van der Waals surface area contributed by atoms with E-state index in [-0.39, 0.29) is 17.1 Å². The quantitative estimate of drug-likeness (QED) is 0.423. The van der Waals surface area contributed by atoms with E-state index in [1.165, 1.54) is 0 Å². The number of ether oxygens (including phenoxy) is 2. The van der Waals surface area contributed by atoms with Crippen LogP contribution < -0.4 is 19.8 Å². The molecule has 0 bridgehead atoms. The van der Waals surface area contributed by atoms with Crippen LogP contribution in [0.3, 0.4) is 0 Å². The number of fused-ring (bicyclic) bond motifs is 2. The van der Waals surface area contributed by atoms with Gasteiger partial charge >= 0.3 is 0 Å². The SMILES string of the molecule is CCOc1ccc(C2c3c(oc4ccc(C)cc4c3=O)C(=O)N2c2ccc(OC)cc2)cc1. The minimum atomic E-state index is -0.627. The van der Waals surface area contributed by atoms with Gasteiger partial charge in [0.25, 0.3) is 5.91 Å². The largest absolute Gasteiger partial charge is 0.497 e. The lowest BCUT2D eigenvalue weighted by Gasteiger charge is -2.25. The summed E-state index contributed by atoms with van der Waals surface area (Å²) in [6, 6.07) is 19.4. The fourth-order valence-corrected chi connectivity index (χ4v) is 4.32. The highest BCUT2D eigenvalue weighted by atomic mass is 16.5. The Morgan fingerprint density at radius 2 is 1.64 bits per heavy atom. The Kier molecular flexibility index (Phi) is 5.13. The lowest BCUT2D eigenvalue weighted by atomic mass is 9.98. The van der Waals surface area contributed by atoms with E-state index in [0.29, 0.717) is 34.6 Å². The van der Waals surface area contributed by atoms with Crippen LogP contribution in [-0.2, 0) is 0 Å². The summed E-state index contributed by atoms with van der Waals surface area (Å²) in [5.41, 5.74) is 2.94. The second-order valence-corrected chi connectivity index (χ2v) is 7.95. The summed E-state index contributed by atoms with van der Waals surface area (Å²) in [5.74, 6) is 1.12. The second-order valence-electron chi connectivity index (χ2n) is 7.95. The standard InChI is InChI=1S/C27H23NO5/c1-4-32-20-10-6-17(7-11-20)24-23-25(29)21-15-16(2)5-14-22(21)33-26(23)27(30)28(24)18-8-12-19(31-3)13-9-18/h5-15,24H,4H2,1-3H3. The van der Waals surface area contributed by atoms with E-state index < -0.39 is 6.04 Å². The Balaban J connectivity index is 1.74. The Bertz CT molecular complexity index is 1400. The third-order valence-corrected chi connectivity index (χ3v) is 5.88. The van der Waals surface area contributed by atoms with Crippen molar-refractivity contribution in [2.75, 3.05) is 18.6 Å². The Morgan fingerprint density at radius 3 is 2.30 bits per heavy atom. The van der Waals surface area contributed by atoms with Gasteiger partial charge in [-0.05, 0) is 67.9 Å². The number of anilines is 1. The maximum absolute atomic E-state index is 13.7. The number of hydrogen-bond acceptors (Lipinski definition) is 5. The summed E-state index contributed by atoms with van der Waals surface area (Å²) >= 11 is 0. The molecular formula is C27H23NO5. The normalized spacial score (nSPS) is 15.1. The van der Waals surface area contributed by atoms with Crippen molar-refractivity contribution in [3.05, 3.63) is 99.4 Å². The molecular weight excluding hydrogens is 418 g/mol. The van der Waals surface area contributed by atoms with Crippen molar-refractivity contribution in [3.8, 4) is 11.5 Å². The van der Waals surface area contributed by atoms with Crippen LogP contribution in [0.5, 0.6) is 11.5 Å². The summed E-state index contributed by atoms with van der Waals surface area (Å²) in [6.45, 7) is 4.39. The van der Waals surface area contributed by atoms with Crippen molar-refractivity contribution in [3.63, 3.8) is 0 Å². The smallest absolute Gasteiger partial charge is 0.295 e. The molecule has 0 radical (unpaired) electrons. The summed E-state index contributed by atoms with van der Waals surface area (Å²) < 4.78 is 16.9. The number of carbonyl (C=O) groups is 1. The first-order valence-corrected chi connectivity index (χ1v) is 10.8. The molecule has 0 aliphatic carbocycles. The Hall–Kier alpha value is -4.06. The number of hydrogen-bond donors (Lipinski definition) is 0. The maximum Gasteiger partial charge on any atom is 0.295 e. The van der Waals surface area contributed by atoms with Crippen LogP contribution in [0.2, 0.25) is 0 Å². The minimum absolute atomic E-state index is 0.0751. The molecule has 1 atom stereocenters. The zero-order chi connectivity index (χ0) is 23.1. The van der Waals surface area contributed by atoms with E-state index >= 15 is 0 Å². The first kappa shape index (κ1) is 20.8. The molecule has 0 saturated heterocycles. The summed E-state index contributed by atoms with van der Waals surface area (Å²) in [7, 11) is 1.59. The molecule has 6 heteroatoms. The highest BCUT2D eigenvalue weighted by molar-refractivity contribution is 6.10. The summed E-state index contributed by atoms with van der Waals surface area (Å²) in [5, 5.41) is 0.467. The van der Waals surface area contributed by atoms with Gasteiger partial charge in [-0.1, -0.05) is 23.8 Å². The van der Waals surface area contributed by atoms with Gasteiger partial charge in [-0.2, -0.15) is 0 Å². The van der Waals surface area contributed by atoms with Crippen molar-refractivity contribution in [2.24, 2.45) is 0 Å². The molecule has 4 aromatic rings. The highest BCUT2D eigenvalue weighted by Crippen LogP contribution is 2.41. The van der Waals surface area contributed by atoms with Gasteiger partial charge in [0.1, 0.15) is 17.1 Å². The van der Waals surface area contributed by atoms with Gasteiger partial charge < -0.3 is 13.9 Å². The first-order chi connectivity index (χ1) is 16.0. The van der Waals surface area contributed by atoms with Crippen molar-refractivity contribution >= 4 is 22.6 Å². The molecule has 1 aliphatic rings. The summed E-state index contributed by atoms with van der Waals surface area (Å²) in [6.07, 6.45) is 0. The molecule has 0 N–H and O–H groups in total. The number of carbonyl (C=O) groups excluding carboxylic acids is 1. The van der Waals surface area contributed by atoms with Crippen LogP contribution >= 0.6 is 0 Å². The zero-order valence-electron chi connectivity index (χ0n) is 18.6. The van der Waals surface area contributed by atoms with Gasteiger partial charge in [0, 0.05) is 5.69 Å². The number of nitrogens with zero attached hydrogens (tertiary/aromatic N) is 1. The number of amides is 1. The van der Waals surface area contributed by atoms with Gasteiger partial charge in [-0.3, -0.25) is 14.5 Å². The van der Waals surface area contributed by atoms with Crippen LogP contribution in [0.25, 0.3) is 11.0 Å². The molecule has 33 heavy (non-hydrogen) atoms.